The molecule has 0 radical (unpaired) electrons. The molecule has 0 heterocycles. The predicted octanol–water partition coefficient (Wildman–Crippen LogP) is 1.80. The number of amides is 1. The molecule has 0 bridgehead atoms. The monoisotopic (exact) mass is 232 g/mol. The molecule has 0 aliphatic heterocycles. The van der Waals surface area contributed by atoms with Crippen molar-refractivity contribution in [2.45, 2.75) is 25.8 Å². The highest BCUT2D eigenvalue weighted by atomic mass is 16.2. The second-order valence-corrected chi connectivity index (χ2v) is 5.15. The minimum absolute atomic E-state index is 0.106. The van der Waals surface area contributed by atoms with Crippen molar-refractivity contribution in [3.05, 3.63) is 35.4 Å². The van der Waals surface area contributed by atoms with Crippen LogP contribution in [0.5, 0.6) is 0 Å². The molecule has 1 fully saturated rings. The van der Waals surface area contributed by atoms with Crippen molar-refractivity contribution in [2.24, 2.45) is 11.7 Å². The van der Waals surface area contributed by atoms with Crippen LogP contribution in [0, 0.1) is 12.8 Å². The Balaban J connectivity index is 1.95. The maximum absolute atomic E-state index is 12.1. The van der Waals surface area contributed by atoms with Gasteiger partial charge in [0.2, 0.25) is 0 Å². The maximum Gasteiger partial charge on any atom is 0.253 e. The molecule has 0 aromatic heterocycles. The van der Waals surface area contributed by atoms with Crippen LogP contribution in [-0.2, 0) is 0 Å². The molecule has 3 nitrogen and oxygen atoms in total. The summed E-state index contributed by atoms with van der Waals surface area (Å²) in [6, 6.07) is 8.09. The summed E-state index contributed by atoms with van der Waals surface area (Å²) in [4.78, 5) is 14.0. The number of hydrogen-bond acceptors (Lipinski definition) is 2. The third-order valence-electron chi connectivity index (χ3n) is 3.42. The number of carbonyl (C=O) groups excluding carboxylic acids is 1. The Kier molecular flexibility index (Phi) is 3.48. The molecular weight excluding hydrogens is 212 g/mol. The molecule has 3 heteroatoms. The van der Waals surface area contributed by atoms with E-state index in [2.05, 4.69) is 0 Å². The summed E-state index contributed by atoms with van der Waals surface area (Å²) in [6.45, 7) is 2.82. The van der Waals surface area contributed by atoms with Gasteiger partial charge in [-0.05, 0) is 37.8 Å². The maximum atomic E-state index is 12.1. The Morgan fingerprint density at radius 2 is 2.18 bits per heavy atom. The third kappa shape index (κ3) is 2.86. The molecule has 1 saturated carbocycles. The summed E-state index contributed by atoms with van der Waals surface area (Å²) in [7, 11) is 1.87. The smallest absolute Gasteiger partial charge is 0.253 e. The highest BCUT2D eigenvalue weighted by Crippen LogP contribution is 2.26. The molecule has 1 aromatic rings. The number of rotatable bonds is 3. The van der Waals surface area contributed by atoms with Crippen LogP contribution in [0.25, 0.3) is 0 Å². The van der Waals surface area contributed by atoms with Crippen molar-refractivity contribution >= 4 is 5.91 Å². The van der Waals surface area contributed by atoms with E-state index >= 15 is 0 Å². The minimum atomic E-state index is 0.106. The third-order valence-corrected chi connectivity index (χ3v) is 3.42. The quantitative estimate of drug-likeness (QED) is 0.864. The zero-order chi connectivity index (χ0) is 12.4. The van der Waals surface area contributed by atoms with E-state index in [9.17, 15) is 4.79 Å². The number of carbonyl (C=O) groups is 1. The number of nitrogens with zero attached hydrogens (tertiary/aromatic N) is 1. The fraction of sp³-hybridized carbons (Fsp3) is 0.500. The molecule has 0 saturated heterocycles. The highest BCUT2D eigenvalue weighted by Gasteiger charge is 2.28. The number of benzene rings is 1. The van der Waals surface area contributed by atoms with E-state index in [1.54, 1.807) is 0 Å². The zero-order valence-corrected chi connectivity index (χ0v) is 10.5. The second kappa shape index (κ2) is 4.88. The molecule has 1 aliphatic carbocycles. The lowest BCUT2D eigenvalue weighted by atomic mass is 9.80. The first-order valence-corrected chi connectivity index (χ1v) is 6.14. The molecule has 0 spiro atoms. The van der Waals surface area contributed by atoms with Crippen LogP contribution >= 0.6 is 0 Å². The summed E-state index contributed by atoms with van der Waals surface area (Å²) in [5, 5.41) is 0. The van der Waals surface area contributed by atoms with Crippen molar-refractivity contribution in [1.29, 1.82) is 0 Å². The average Bonchev–Trinajstić information content (AvgIpc) is 2.26. The number of hydrogen-bond donors (Lipinski definition) is 1. The Hall–Kier alpha value is -1.35. The van der Waals surface area contributed by atoms with Crippen LogP contribution in [-0.4, -0.2) is 30.4 Å². The summed E-state index contributed by atoms with van der Waals surface area (Å²) in [5.74, 6) is 0.693. The molecule has 2 N–H and O–H groups in total. The van der Waals surface area contributed by atoms with Crippen LogP contribution < -0.4 is 5.73 Å². The van der Waals surface area contributed by atoms with Gasteiger partial charge in [-0.25, -0.2) is 0 Å². The Bertz CT molecular complexity index is 410. The van der Waals surface area contributed by atoms with Gasteiger partial charge >= 0.3 is 0 Å². The van der Waals surface area contributed by atoms with Crippen LogP contribution in [0.1, 0.15) is 28.8 Å². The standard InChI is InChI=1S/C14H20N2O/c1-10-4-3-5-12(6-10)14(17)16(2)9-11-7-13(15)8-11/h3-6,11,13H,7-9,15H2,1-2H3. The van der Waals surface area contributed by atoms with Gasteiger partial charge in [-0.3, -0.25) is 4.79 Å². The molecule has 0 atom stereocenters. The Labute approximate surface area is 103 Å². The van der Waals surface area contributed by atoms with Crippen LogP contribution in [0.15, 0.2) is 24.3 Å². The van der Waals surface area contributed by atoms with E-state index in [0.717, 1.165) is 30.5 Å². The van der Waals surface area contributed by atoms with E-state index in [-0.39, 0.29) is 5.91 Å². The fourth-order valence-electron chi connectivity index (χ4n) is 2.41. The molecule has 17 heavy (non-hydrogen) atoms. The molecule has 92 valence electrons. The van der Waals surface area contributed by atoms with Gasteiger partial charge in [0, 0.05) is 25.2 Å². The minimum Gasteiger partial charge on any atom is -0.341 e. The highest BCUT2D eigenvalue weighted by molar-refractivity contribution is 5.94. The van der Waals surface area contributed by atoms with Gasteiger partial charge in [-0.15, -0.1) is 0 Å². The predicted molar refractivity (Wildman–Crippen MR) is 68.8 cm³/mol. The van der Waals surface area contributed by atoms with E-state index in [0.29, 0.717) is 12.0 Å². The van der Waals surface area contributed by atoms with Crippen LogP contribution in [0.2, 0.25) is 0 Å². The fourth-order valence-corrected chi connectivity index (χ4v) is 2.41. The number of aryl methyl sites for hydroxylation is 1. The Morgan fingerprint density at radius 3 is 2.76 bits per heavy atom. The van der Waals surface area contributed by atoms with Gasteiger partial charge in [0.25, 0.3) is 5.91 Å². The summed E-state index contributed by atoms with van der Waals surface area (Å²) < 4.78 is 0. The largest absolute Gasteiger partial charge is 0.341 e. The van der Waals surface area contributed by atoms with Gasteiger partial charge in [-0.1, -0.05) is 17.7 Å². The zero-order valence-electron chi connectivity index (χ0n) is 10.5. The Morgan fingerprint density at radius 1 is 1.47 bits per heavy atom. The molecule has 1 aromatic carbocycles. The summed E-state index contributed by atoms with van der Waals surface area (Å²) >= 11 is 0. The van der Waals surface area contributed by atoms with Gasteiger partial charge in [0.15, 0.2) is 0 Å². The molecule has 1 aliphatic rings. The van der Waals surface area contributed by atoms with Crippen LogP contribution in [0.4, 0.5) is 0 Å². The first-order valence-electron chi connectivity index (χ1n) is 6.14. The van der Waals surface area contributed by atoms with Crippen molar-refractivity contribution in [3.63, 3.8) is 0 Å². The normalized spacial score (nSPS) is 23.0. The SMILES string of the molecule is Cc1cccc(C(=O)N(C)CC2CC(N)C2)c1. The van der Waals surface area contributed by atoms with Gasteiger partial charge in [0.05, 0.1) is 0 Å². The molecule has 0 unspecified atom stereocenters. The van der Waals surface area contributed by atoms with Crippen molar-refractivity contribution < 1.29 is 4.79 Å². The summed E-state index contributed by atoms with van der Waals surface area (Å²) in [6.07, 6.45) is 2.09. The summed E-state index contributed by atoms with van der Waals surface area (Å²) in [5.41, 5.74) is 7.64. The number of nitrogens with two attached hydrogens (primary N) is 1. The van der Waals surface area contributed by atoms with Gasteiger partial charge in [-0.2, -0.15) is 0 Å². The lowest BCUT2D eigenvalue weighted by Crippen LogP contribution is -2.43. The average molecular weight is 232 g/mol. The molecule has 2 rings (SSSR count). The van der Waals surface area contributed by atoms with E-state index in [1.807, 2.05) is 43.1 Å². The lowest BCUT2D eigenvalue weighted by Gasteiger charge is -2.35. The van der Waals surface area contributed by atoms with Crippen LogP contribution in [0.3, 0.4) is 0 Å². The second-order valence-electron chi connectivity index (χ2n) is 5.15. The van der Waals surface area contributed by atoms with Gasteiger partial charge in [0.1, 0.15) is 0 Å². The first kappa shape index (κ1) is 12.1. The topological polar surface area (TPSA) is 46.3 Å². The van der Waals surface area contributed by atoms with Crippen molar-refractivity contribution in [1.82, 2.24) is 4.90 Å². The molecule has 1 amide bonds. The lowest BCUT2D eigenvalue weighted by molar-refractivity contribution is 0.0734. The van der Waals surface area contributed by atoms with Crippen molar-refractivity contribution in [3.8, 4) is 0 Å². The van der Waals surface area contributed by atoms with Gasteiger partial charge < -0.3 is 10.6 Å². The van der Waals surface area contributed by atoms with E-state index in [1.165, 1.54) is 0 Å². The van der Waals surface area contributed by atoms with E-state index < -0.39 is 0 Å². The van der Waals surface area contributed by atoms with Crippen molar-refractivity contribution in [2.75, 3.05) is 13.6 Å². The molecular formula is C14H20N2O. The van der Waals surface area contributed by atoms with E-state index in [4.69, 9.17) is 5.73 Å². The first-order chi connectivity index (χ1) is 8.06.